The molecule has 1 aliphatic carbocycles. The fourth-order valence-corrected chi connectivity index (χ4v) is 6.12. The maximum atomic E-state index is 14.5. The number of hydrogen-bond donors (Lipinski definition) is 3. The first-order chi connectivity index (χ1) is 28.2. The number of ether oxygens (including phenoxy) is 4. The van der Waals surface area contributed by atoms with Gasteiger partial charge in [0.15, 0.2) is 18.1 Å². The number of benzene rings is 3. The highest BCUT2D eigenvalue weighted by molar-refractivity contribution is 5.87. The highest BCUT2D eigenvalue weighted by Gasteiger charge is 2.40. The third-order valence-corrected chi connectivity index (χ3v) is 9.28. The standard InChI is InChI=1S/C43H48F2N2O12/c1-29(42(52)59-38-20-18-30(24-39(38)55-2)19-21-41(51)56-26-31-14-16-32(17-15-31)27-58-47(53)54)46-40(50)13-9-4-3-8-12-34-35(37(49)25-36(34)48)22-23-43(44,45)28-57-33-10-6-5-7-11-33/h3,5-8,10-11,14-24,29,34-37,48-49H,4,9,12-13,25-28H2,1-2H3,(H,46,50)/b8-3-,21-19+,23-22+/t29?,34-,35-,36+,37-/m1/s1. The van der Waals surface area contributed by atoms with E-state index in [4.69, 9.17) is 18.9 Å². The third-order valence-electron chi connectivity index (χ3n) is 9.28. The molecule has 1 aliphatic rings. The van der Waals surface area contributed by atoms with Gasteiger partial charge < -0.3 is 39.3 Å². The van der Waals surface area contributed by atoms with Crippen LogP contribution in [0.2, 0.25) is 0 Å². The van der Waals surface area contributed by atoms with Crippen molar-refractivity contribution in [1.82, 2.24) is 5.32 Å². The van der Waals surface area contributed by atoms with Gasteiger partial charge in [-0.2, -0.15) is 8.78 Å². The van der Waals surface area contributed by atoms with Gasteiger partial charge in [0.25, 0.3) is 11.0 Å². The Morgan fingerprint density at radius 1 is 0.983 bits per heavy atom. The van der Waals surface area contributed by atoms with E-state index in [9.17, 15) is 43.5 Å². The topological polar surface area (TPSA) is 193 Å². The molecule has 3 aromatic rings. The lowest BCUT2D eigenvalue weighted by molar-refractivity contribution is -0.763. The minimum Gasteiger partial charge on any atom is -0.493 e. The first-order valence-corrected chi connectivity index (χ1v) is 18.9. The predicted molar refractivity (Wildman–Crippen MR) is 211 cm³/mol. The number of aliphatic hydroxyl groups excluding tert-OH is 2. The van der Waals surface area contributed by atoms with Crippen molar-refractivity contribution in [2.75, 3.05) is 13.7 Å². The normalized spacial score (nSPS) is 18.5. The summed E-state index contributed by atoms with van der Waals surface area (Å²) >= 11 is 0. The van der Waals surface area contributed by atoms with Gasteiger partial charge in [0.1, 0.15) is 25.0 Å². The molecule has 1 saturated carbocycles. The van der Waals surface area contributed by atoms with Crippen molar-refractivity contribution in [3.63, 3.8) is 0 Å². The second-order valence-electron chi connectivity index (χ2n) is 13.8. The van der Waals surface area contributed by atoms with Crippen LogP contribution in [-0.2, 0) is 37.2 Å². The van der Waals surface area contributed by atoms with E-state index in [2.05, 4.69) is 10.2 Å². The molecule has 14 nitrogen and oxygen atoms in total. The molecule has 1 fully saturated rings. The molecule has 1 amide bonds. The summed E-state index contributed by atoms with van der Waals surface area (Å²) in [5.41, 5.74) is 1.80. The second kappa shape index (κ2) is 22.7. The first-order valence-electron chi connectivity index (χ1n) is 18.9. The average Bonchev–Trinajstić information content (AvgIpc) is 3.49. The summed E-state index contributed by atoms with van der Waals surface area (Å²) in [5.74, 6) is -5.54. The van der Waals surface area contributed by atoms with Crippen molar-refractivity contribution in [2.24, 2.45) is 11.8 Å². The number of nitrogens with zero attached hydrogens (tertiary/aromatic N) is 1. The molecule has 0 aromatic heterocycles. The number of para-hydroxylation sites is 1. The highest BCUT2D eigenvalue weighted by atomic mass is 19.3. The molecule has 3 aromatic carbocycles. The van der Waals surface area contributed by atoms with E-state index in [1.807, 2.05) is 6.08 Å². The summed E-state index contributed by atoms with van der Waals surface area (Å²) in [5, 5.41) is 33.0. The fourth-order valence-electron chi connectivity index (χ4n) is 6.12. The Hall–Kier alpha value is -6.13. The smallest absolute Gasteiger partial charge is 0.333 e. The summed E-state index contributed by atoms with van der Waals surface area (Å²) in [6.07, 6.45) is 7.93. The molecule has 59 heavy (non-hydrogen) atoms. The summed E-state index contributed by atoms with van der Waals surface area (Å²) in [4.78, 5) is 52.3. The fraction of sp³-hybridized carbons (Fsp3) is 0.372. The minimum absolute atomic E-state index is 0.0240. The number of unbranched alkanes of at least 4 members (excludes halogenated alkanes) is 1. The first kappa shape index (κ1) is 45.6. The van der Waals surface area contributed by atoms with E-state index < -0.39 is 59.6 Å². The zero-order chi connectivity index (χ0) is 42.8. The van der Waals surface area contributed by atoms with E-state index >= 15 is 0 Å². The van der Waals surface area contributed by atoms with E-state index in [0.717, 1.165) is 6.08 Å². The van der Waals surface area contributed by atoms with Gasteiger partial charge in [0.05, 0.1) is 19.3 Å². The summed E-state index contributed by atoms with van der Waals surface area (Å²) < 4.78 is 50.2. The second-order valence-corrected chi connectivity index (χ2v) is 13.8. The van der Waals surface area contributed by atoms with E-state index in [-0.39, 0.29) is 43.5 Å². The maximum absolute atomic E-state index is 14.5. The number of carbonyl (C=O) groups excluding carboxylic acids is 3. The van der Waals surface area contributed by atoms with Crippen LogP contribution >= 0.6 is 0 Å². The van der Waals surface area contributed by atoms with Crippen LogP contribution in [0.1, 0.15) is 55.7 Å². The van der Waals surface area contributed by atoms with Crippen LogP contribution in [0.15, 0.2) is 103 Å². The van der Waals surface area contributed by atoms with Crippen LogP contribution in [0.3, 0.4) is 0 Å². The largest absolute Gasteiger partial charge is 0.493 e. The van der Waals surface area contributed by atoms with Crippen LogP contribution in [0.5, 0.6) is 17.2 Å². The van der Waals surface area contributed by atoms with E-state index in [1.54, 1.807) is 72.8 Å². The van der Waals surface area contributed by atoms with Gasteiger partial charge in [-0.05, 0) is 85.2 Å². The number of hydrogen-bond acceptors (Lipinski definition) is 12. The third kappa shape index (κ3) is 15.6. The number of rotatable bonds is 22. The molecule has 5 atom stereocenters. The molecule has 0 spiro atoms. The van der Waals surface area contributed by atoms with E-state index in [1.165, 1.54) is 38.3 Å². The molecule has 16 heteroatoms. The van der Waals surface area contributed by atoms with Crippen LogP contribution in [-0.4, -0.2) is 71.0 Å². The van der Waals surface area contributed by atoms with Crippen LogP contribution in [0.25, 0.3) is 6.08 Å². The van der Waals surface area contributed by atoms with Crippen LogP contribution < -0.4 is 19.5 Å². The van der Waals surface area contributed by atoms with Gasteiger partial charge in [-0.3, -0.25) is 4.79 Å². The number of aliphatic hydroxyl groups is 2. The van der Waals surface area contributed by atoms with Gasteiger partial charge in [-0.15, -0.1) is 10.1 Å². The van der Waals surface area contributed by atoms with E-state index in [0.29, 0.717) is 41.7 Å². The number of carbonyl (C=O) groups is 3. The zero-order valence-electron chi connectivity index (χ0n) is 32.6. The lowest BCUT2D eigenvalue weighted by atomic mass is 9.89. The molecule has 0 heterocycles. The molecule has 4 rings (SSSR count). The number of methoxy groups -OCH3 is 1. The van der Waals surface area contributed by atoms with Crippen LogP contribution in [0, 0.1) is 22.0 Å². The monoisotopic (exact) mass is 822 g/mol. The van der Waals surface area contributed by atoms with Crippen molar-refractivity contribution in [2.45, 2.75) is 76.4 Å². The number of nitrogens with one attached hydrogen (secondary N) is 1. The Bertz CT molecular complexity index is 1940. The Labute approximate surface area is 340 Å². The number of amides is 1. The molecule has 0 radical (unpaired) electrons. The molecule has 0 saturated heterocycles. The van der Waals surface area contributed by atoms with Crippen molar-refractivity contribution >= 4 is 23.9 Å². The lowest BCUT2D eigenvalue weighted by Gasteiger charge is -2.20. The van der Waals surface area contributed by atoms with Gasteiger partial charge >= 0.3 is 11.9 Å². The number of halogens is 2. The Balaban J connectivity index is 1.16. The Morgan fingerprint density at radius 2 is 1.69 bits per heavy atom. The number of esters is 2. The van der Waals surface area contributed by atoms with Crippen molar-refractivity contribution in [3.8, 4) is 17.2 Å². The van der Waals surface area contributed by atoms with Gasteiger partial charge in [-0.25, -0.2) is 9.59 Å². The molecular weight excluding hydrogens is 774 g/mol. The number of allylic oxidation sites excluding steroid dienone is 2. The van der Waals surface area contributed by atoms with Crippen molar-refractivity contribution < 1.29 is 62.2 Å². The zero-order valence-corrected chi connectivity index (χ0v) is 32.6. The maximum Gasteiger partial charge on any atom is 0.333 e. The minimum atomic E-state index is -3.28. The van der Waals surface area contributed by atoms with Gasteiger partial charge in [0.2, 0.25) is 5.91 Å². The highest BCUT2D eigenvalue weighted by Crippen LogP contribution is 2.37. The summed E-state index contributed by atoms with van der Waals surface area (Å²) in [7, 11) is 1.38. The lowest BCUT2D eigenvalue weighted by Crippen LogP contribution is -2.40. The predicted octanol–water partition coefficient (Wildman–Crippen LogP) is 6.32. The quantitative estimate of drug-likeness (QED) is 0.0195. The van der Waals surface area contributed by atoms with Crippen molar-refractivity contribution in [1.29, 1.82) is 0 Å². The Morgan fingerprint density at radius 3 is 2.39 bits per heavy atom. The molecule has 3 N–H and O–H groups in total. The molecule has 1 unspecified atom stereocenters. The van der Waals surface area contributed by atoms with Gasteiger partial charge in [-0.1, -0.05) is 66.8 Å². The van der Waals surface area contributed by atoms with Crippen LogP contribution in [0.4, 0.5) is 8.78 Å². The molecule has 0 aliphatic heterocycles. The molecule has 316 valence electrons. The Kier molecular flexibility index (Phi) is 17.5. The van der Waals surface area contributed by atoms with Crippen molar-refractivity contribution in [3.05, 3.63) is 130 Å². The van der Waals surface area contributed by atoms with Gasteiger partial charge in [0, 0.05) is 24.8 Å². The average molecular weight is 823 g/mol. The molecule has 0 bridgehead atoms. The summed E-state index contributed by atoms with van der Waals surface area (Å²) in [6.45, 7) is 0.402. The number of alkyl halides is 2. The molecular formula is C43H48F2N2O12. The summed E-state index contributed by atoms with van der Waals surface area (Å²) in [6, 6.07) is 18.4. The SMILES string of the molecule is COc1cc(/C=C/C(=O)OCc2ccc(CO[N+](=O)[O-])cc2)ccc1OC(=O)C(C)NC(=O)CCC/C=C\C[C@@H]1[C@@H](/C=C/C(F)(F)COc2ccccc2)[C@H](O)C[C@@H]1O.